The summed E-state index contributed by atoms with van der Waals surface area (Å²) in [7, 11) is 0. The zero-order valence-electron chi connectivity index (χ0n) is 12.5. The Bertz CT molecular complexity index is 269. The SMILES string of the molecule is CCNC1CCN(C2C(C)(C)C2(C)C)C(C)C1. The summed E-state index contributed by atoms with van der Waals surface area (Å²) in [5.41, 5.74) is 0.985. The van der Waals surface area contributed by atoms with E-state index in [1.54, 1.807) is 0 Å². The van der Waals surface area contributed by atoms with Crippen molar-refractivity contribution in [3.05, 3.63) is 0 Å². The first-order valence-corrected chi connectivity index (χ1v) is 7.31. The van der Waals surface area contributed by atoms with Crippen LogP contribution in [0.4, 0.5) is 0 Å². The van der Waals surface area contributed by atoms with E-state index in [1.165, 1.54) is 19.4 Å². The zero-order valence-corrected chi connectivity index (χ0v) is 12.5. The summed E-state index contributed by atoms with van der Waals surface area (Å²) in [6, 6.07) is 2.27. The second-order valence-electron chi connectivity index (χ2n) is 7.21. The van der Waals surface area contributed by atoms with Crippen molar-refractivity contribution in [3.8, 4) is 0 Å². The van der Waals surface area contributed by atoms with Gasteiger partial charge in [-0.1, -0.05) is 34.6 Å². The minimum Gasteiger partial charge on any atom is -0.314 e. The molecule has 1 saturated carbocycles. The lowest BCUT2D eigenvalue weighted by atomic mass is 9.97. The van der Waals surface area contributed by atoms with E-state index in [9.17, 15) is 0 Å². The van der Waals surface area contributed by atoms with Crippen LogP contribution in [0.5, 0.6) is 0 Å². The third-order valence-electron chi connectivity index (χ3n) is 5.70. The fraction of sp³-hybridized carbons (Fsp3) is 1.00. The van der Waals surface area contributed by atoms with E-state index in [0.29, 0.717) is 10.8 Å². The van der Waals surface area contributed by atoms with E-state index in [0.717, 1.165) is 24.7 Å². The van der Waals surface area contributed by atoms with Crippen LogP contribution in [0.3, 0.4) is 0 Å². The fourth-order valence-corrected chi connectivity index (χ4v) is 4.04. The molecule has 0 aromatic rings. The molecule has 1 aliphatic heterocycles. The van der Waals surface area contributed by atoms with Gasteiger partial charge in [-0.05, 0) is 37.1 Å². The molecule has 1 saturated heterocycles. The number of likely N-dealkylation sites (tertiary alicyclic amines) is 1. The zero-order chi connectivity index (χ0) is 12.8. The minimum atomic E-state index is 0.492. The molecule has 2 fully saturated rings. The highest BCUT2D eigenvalue weighted by Crippen LogP contribution is 2.65. The number of nitrogens with zero attached hydrogens (tertiary/aromatic N) is 1. The van der Waals surface area contributed by atoms with Crippen molar-refractivity contribution >= 4 is 0 Å². The van der Waals surface area contributed by atoms with E-state index >= 15 is 0 Å². The van der Waals surface area contributed by atoms with E-state index in [4.69, 9.17) is 0 Å². The Kier molecular flexibility index (Phi) is 3.33. The van der Waals surface area contributed by atoms with Crippen LogP contribution >= 0.6 is 0 Å². The molecule has 0 aromatic carbocycles. The van der Waals surface area contributed by atoms with Crippen molar-refractivity contribution in [2.75, 3.05) is 13.1 Å². The molecule has 1 aliphatic carbocycles. The minimum absolute atomic E-state index is 0.492. The van der Waals surface area contributed by atoms with Gasteiger partial charge >= 0.3 is 0 Å². The number of hydrogen-bond acceptors (Lipinski definition) is 2. The molecule has 1 heterocycles. The summed E-state index contributed by atoms with van der Waals surface area (Å²) < 4.78 is 0. The molecule has 0 aromatic heterocycles. The van der Waals surface area contributed by atoms with E-state index in [1.807, 2.05) is 0 Å². The molecular formula is C15H30N2. The summed E-state index contributed by atoms with van der Waals surface area (Å²) in [6.07, 6.45) is 2.64. The van der Waals surface area contributed by atoms with Gasteiger partial charge in [0.05, 0.1) is 0 Å². The highest BCUT2D eigenvalue weighted by molar-refractivity contribution is 5.19. The summed E-state index contributed by atoms with van der Waals surface area (Å²) in [6.45, 7) is 16.7. The molecule has 2 heteroatoms. The van der Waals surface area contributed by atoms with Gasteiger partial charge in [0.15, 0.2) is 0 Å². The van der Waals surface area contributed by atoms with E-state index in [-0.39, 0.29) is 0 Å². The first kappa shape index (κ1) is 13.4. The molecule has 1 N–H and O–H groups in total. The van der Waals surface area contributed by atoms with Crippen molar-refractivity contribution in [2.45, 2.75) is 72.5 Å². The summed E-state index contributed by atoms with van der Waals surface area (Å²) in [4.78, 5) is 2.77. The van der Waals surface area contributed by atoms with Gasteiger partial charge in [0, 0.05) is 24.7 Å². The van der Waals surface area contributed by atoms with Crippen molar-refractivity contribution in [1.82, 2.24) is 10.2 Å². The Balaban J connectivity index is 1.97. The Morgan fingerprint density at radius 1 is 1.18 bits per heavy atom. The average Bonchev–Trinajstić information content (AvgIpc) is 2.60. The smallest absolute Gasteiger partial charge is 0.0212 e. The summed E-state index contributed by atoms with van der Waals surface area (Å²) in [5, 5.41) is 3.61. The van der Waals surface area contributed by atoms with Crippen molar-refractivity contribution < 1.29 is 0 Å². The van der Waals surface area contributed by atoms with Gasteiger partial charge in [0.2, 0.25) is 0 Å². The molecule has 2 nitrogen and oxygen atoms in total. The molecule has 2 atom stereocenters. The molecular weight excluding hydrogens is 208 g/mol. The van der Waals surface area contributed by atoms with Crippen LogP contribution in [0.15, 0.2) is 0 Å². The second-order valence-corrected chi connectivity index (χ2v) is 7.21. The van der Waals surface area contributed by atoms with Crippen LogP contribution in [0.1, 0.15) is 54.4 Å². The quantitative estimate of drug-likeness (QED) is 0.813. The van der Waals surface area contributed by atoms with Gasteiger partial charge in [-0.25, -0.2) is 0 Å². The predicted octanol–water partition coefficient (Wildman–Crippen LogP) is 2.88. The molecule has 0 spiro atoms. The van der Waals surface area contributed by atoms with Gasteiger partial charge in [-0.2, -0.15) is 0 Å². The number of piperidine rings is 1. The molecule has 17 heavy (non-hydrogen) atoms. The maximum Gasteiger partial charge on any atom is 0.0212 e. The Labute approximate surface area is 107 Å². The van der Waals surface area contributed by atoms with Crippen LogP contribution in [-0.2, 0) is 0 Å². The van der Waals surface area contributed by atoms with E-state index in [2.05, 4.69) is 51.8 Å². The van der Waals surface area contributed by atoms with Gasteiger partial charge in [0.25, 0.3) is 0 Å². The maximum absolute atomic E-state index is 3.61. The first-order valence-electron chi connectivity index (χ1n) is 7.31. The maximum atomic E-state index is 3.61. The fourth-order valence-electron chi connectivity index (χ4n) is 4.04. The number of hydrogen-bond donors (Lipinski definition) is 1. The topological polar surface area (TPSA) is 15.3 Å². The van der Waals surface area contributed by atoms with Crippen molar-refractivity contribution in [3.63, 3.8) is 0 Å². The Hall–Kier alpha value is -0.0800. The summed E-state index contributed by atoms with van der Waals surface area (Å²) >= 11 is 0. The van der Waals surface area contributed by atoms with Crippen LogP contribution < -0.4 is 5.32 Å². The largest absolute Gasteiger partial charge is 0.314 e. The standard InChI is InChI=1S/C15H30N2/c1-7-16-12-8-9-17(11(2)10-12)13-14(3,4)15(13,5)6/h11-13,16H,7-10H2,1-6H3. The molecule has 2 aliphatic rings. The van der Waals surface area contributed by atoms with Crippen LogP contribution in [0.25, 0.3) is 0 Å². The van der Waals surface area contributed by atoms with E-state index < -0.39 is 0 Å². The molecule has 0 amide bonds. The lowest BCUT2D eigenvalue weighted by Crippen LogP contribution is -2.49. The number of nitrogens with one attached hydrogen (secondary N) is 1. The second kappa shape index (κ2) is 4.24. The monoisotopic (exact) mass is 238 g/mol. The molecule has 0 bridgehead atoms. The third-order valence-corrected chi connectivity index (χ3v) is 5.70. The third kappa shape index (κ3) is 2.04. The van der Waals surface area contributed by atoms with Gasteiger partial charge in [-0.15, -0.1) is 0 Å². The normalized spacial score (nSPS) is 37.1. The summed E-state index contributed by atoms with van der Waals surface area (Å²) in [5.74, 6) is 0. The number of rotatable bonds is 3. The van der Waals surface area contributed by atoms with Crippen molar-refractivity contribution in [1.29, 1.82) is 0 Å². The Morgan fingerprint density at radius 2 is 1.76 bits per heavy atom. The lowest BCUT2D eigenvalue weighted by molar-refractivity contribution is 0.107. The molecule has 0 radical (unpaired) electrons. The van der Waals surface area contributed by atoms with Gasteiger partial charge in [0.1, 0.15) is 0 Å². The Morgan fingerprint density at radius 3 is 2.18 bits per heavy atom. The van der Waals surface area contributed by atoms with Gasteiger partial charge in [-0.3, -0.25) is 4.90 Å². The highest BCUT2D eigenvalue weighted by Gasteiger charge is 2.67. The molecule has 2 unspecified atom stereocenters. The van der Waals surface area contributed by atoms with Crippen LogP contribution in [0, 0.1) is 10.8 Å². The van der Waals surface area contributed by atoms with Crippen LogP contribution in [0.2, 0.25) is 0 Å². The highest BCUT2D eigenvalue weighted by atomic mass is 15.3. The molecule has 2 rings (SSSR count). The predicted molar refractivity (Wildman–Crippen MR) is 74.2 cm³/mol. The lowest BCUT2D eigenvalue weighted by Gasteiger charge is -2.39. The first-order chi connectivity index (χ1) is 7.82. The van der Waals surface area contributed by atoms with Gasteiger partial charge < -0.3 is 5.32 Å². The molecule has 100 valence electrons. The average molecular weight is 238 g/mol. The van der Waals surface area contributed by atoms with Crippen molar-refractivity contribution in [2.24, 2.45) is 10.8 Å². The van der Waals surface area contributed by atoms with Crippen LogP contribution in [-0.4, -0.2) is 36.1 Å².